The van der Waals surface area contributed by atoms with Crippen molar-refractivity contribution in [1.29, 1.82) is 0 Å². The molecule has 0 bridgehead atoms. The zero-order chi connectivity index (χ0) is 22.2. The van der Waals surface area contributed by atoms with Gasteiger partial charge in [0.05, 0.1) is 7.11 Å². The molecule has 2 heterocycles. The van der Waals surface area contributed by atoms with E-state index in [1.165, 1.54) is 7.11 Å². The van der Waals surface area contributed by atoms with Crippen LogP contribution in [-0.4, -0.2) is 37.0 Å². The van der Waals surface area contributed by atoms with Crippen LogP contribution in [0.25, 0.3) is 0 Å². The van der Waals surface area contributed by atoms with Crippen LogP contribution in [0, 0.1) is 6.92 Å². The fourth-order valence-corrected chi connectivity index (χ4v) is 4.74. The van der Waals surface area contributed by atoms with Crippen molar-refractivity contribution < 1.29 is 23.8 Å². The molecule has 1 spiro atoms. The molecule has 164 valence electrons. The molecule has 2 aliphatic rings. The predicted molar refractivity (Wildman–Crippen MR) is 115 cm³/mol. The molecule has 2 aromatic rings. The van der Waals surface area contributed by atoms with Crippen molar-refractivity contribution in [3.05, 3.63) is 59.2 Å². The normalized spacial score (nSPS) is 23.7. The highest BCUT2D eigenvalue weighted by Crippen LogP contribution is 2.49. The molecule has 0 radical (unpaired) electrons. The largest absolute Gasteiger partial charge is 0.482 e. The maximum absolute atomic E-state index is 12.5. The van der Waals surface area contributed by atoms with E-state index in [1.807, 2.05) is 45.0 Å². The van der Waals surface area contributed by atoms with Crippen LogP contribution in [0.15, 0.2) is 42.5 Å². The summed E-state index contributed by atoms with van der Waals surface area (Å²) in [6.45, 7) is 5.80. The number of ether oxygens (including phenoxy) is 3. The molecule has 0 saturated carbocycles. The summed E-state index contributed by atoms with van der Waals surface area (Å²) in [5.41, 5.74) is 1.94. The van der Waals surface area contributed by atoms with Crippen LogP contribution in [0.1, 0.15) is 49.3 Å². The van der Waals surface area contributed by atoms with E-state index in [1.54, 1.807) is 6.07 Å². The Morgan fingerprint density at radius 3 is 2.61 bits per heavy atom. The summed E-state index contributed by atoms with van der Waals surface area (Å²) in [7, 11) is 1.32. The van der Waals surface area contributed by atoms with Gasteiger partial charge in [0.15, 0.2) is 12.3 Å². The first-order valence-corrected chi connectivity index (χ1v) is 10.4. The Hall–Kier alpha value is -3.22. The van der Waals surface area contributed by atoms with Crippen LogP contribution in [0.5, 0.6) is 11.5 Å². The van der Waals surface area contributed by atoms with Gasteiger partial charge in [-0.25, -0.2) is 9.59 Å². The third-order valence-corrected chi connectivity index (χ3v) is 5.82. The van der Waals surface area contributed by atoms with Gasteiger partial charge in [-0.15, -0.1) is 0 Å². The van der Waals surface area contributed by atoms with Gasteiger partial charge in [0.25, 0.3) is 0 Å². The van der Waals surface area contributed by atoms with Gasteiger partial charge in [0.1, 0.15) is 11.5 Å². The summed E-state index contributed by atoms with van der Waals surface area (Å²) >= 11 is 0. The number of nitrogens with one attached hydrogen (secondary N) is 2. The molecule has 31 heavy (non-hydrogen) atoms. The Morgan fingerprint density at radius 2 is 1.94 bits per heavy atom. The first kappa shape index (κ1) is 21.0. The molecule has 2 atom stereocenters. The summed E-state index contributed by atoms with van der Waals surface area (Å²) in [6.07, 6.45) is 1.21. The van der Waals surface area contributed by atoms with Gasteiger partial charge in [-0.3, -0.25) is 0 Å². The number of hydrogen-bond acceptors (Lipinski definition) is 5. The summed E-state index contributed by atoms with van der Waals surface area (Å²) in [5.74, 6) is 0.749. The van der Waals surface area contributed by atoms with Crippen molar-refractivity contribution >= 4 is 12.0 Å². The van der Waals surface area contributed by atoms with Crippen LogP contribution >= 0.6 is 0 Å². The Bertz CT molecular complexity index is 1000. The lowest BCUT2D eigenvalue weighted by Gasteiger charge is -2.49. The second-order valence-electron chi connectivity index (χ2n) is 8.92. The second-order valence-corrected chi connectivity index (χ2v) is 8.92. The van der Waals surface area contributed by atoms with Gasteiger partial charge < -0.3 is 24.8 Å². The number of fused-ring (bicyclic) bond motifs is 1. The number of carbonyl (C=O) groups is 2. The maximum Gasteiger partial charge on any atom is 0.343 e. The zero-order valence-corrected chi connectivity index (χ0v) is 18.3. The van der Waals surface area contributed by atoms with E-state index in [9.17, 15) is 9.59 Å². The number of aryl methyl sites for hydroxylation is 1. The monoisotopic (exact) mass is 424 g/mol. The number of esters is 1. The van der Waals surface area contributed by atoms with Gasteiger partial charge in [-0.2, -0.15) is 0 Å². The average Bonchev–Trinajstić information content (AvgIpc) is 2.70. The quantitative estimate of drug-likeness (QED) is 0.732. The van der Waals surface area contributed by atoms with E-state index < -0.39 is 17.2 Å². The maximum atomic E-state index is 12.5. The van der Waals surface area contributed by atoms with Crippen molar-refractivity contribution in [3.8, 4) is 11.5 Å². The highest BCUT2D eigenvalue weighted by atomic mass is 16.6. The molecule has 0 aliphatic carbocycles. The van der Waals surface area contributed by atoms with Crippen LogP contribution in [-0.2, 0) is 9.53 Å². The van der Waals surface area contributed by atoms with Crippen molar-refractivity contribution in [3.63, 3.8) is 0 Å². The minimum atomic E-state index is -0.854. The Kier molecular flexibility index (Phi) is 5.29. The third kappa shape index (κ3) is 4.31. The van der Waals surface area contributed by atoms with E-state index >= 15 is 0 Å². The van der Waals surface area contributed by atoms with Crippen LogP contribution in [0.2, 0.25) is 0 Å². The molecule has 2 aliphatic heterocycles. The number of carbonyl (C=O) groups excluding carboxylic acids is 2. The Morgan fingerprint density at radius 1 is 1.19 bits per heavy atom. The van der Waals surface area contributed by atoms with Crippen LogP contribution in [0.4, 0.5) is 4.79 Å². The van der Waals surface area contributed by atoms with E-state index in [0.29, 0.717) is 24.3 Å². The number of methoxy groups -OCH3 is 1. The number of hydrogen-bond donors (Lipinski definition) is 2. The molecular weight excluding hydrogens is 396 g/mol. The van der Waals surface area contributed by atoms with Gasteiger partial charge in [0, 0.05) is 35.9 Å². The lowest BCUT2D eigenvalue weighted by molar-refractivity contribution is -0.142. The zero-order valence-electron chi connectivity index (χ0n) is 18.3. The minimum Gasteiger partial charge on any atom is -0.482 e. The molecule has 7 heteroatoms. The Balaban J connectivity index is 1.78. The Labute approximate surface area is 182 Å². The summed E-state index contributed by atoms with van der Waals surface area (Å²) in [4.78, 5) is 24.0. The highest BCUT2D eigenvalue weighted by Gasteiger charge is 2.50. The molecular formula is C24H28N2O5. The fraction of sp³-hybridized carbons (Fsp3) is 0.417. The third-order valence-electron chi connectivity index (χ3n) is 5.82. The molecule has 2 aromatic carbocycles. The molecule has 1 saturated heterocycles. The summed E-state index contributed by atoms with van der Waals surface area (Å²) in [5, 5.41) is 6.00. The minimum absolute atomic E-state index is 0.0359. The number of urea groups is 1. The van der Waals surface area contributed by atoms with Crippen molar-refractivity contribution in [2.75, 3.05) is 13.7 Å². The van der Waals surface area contributed by atoms with Crippen molar-refractivity contribution in [1.82, 2.24) is 10.6 Å². The van der Waals surface area contributed by atoms with Crippen LogP contribution < -0.4 is 20.1 Å². The topological polar surface area (TPSA) is 85.9 Å². The van der Waals surface area contributed by atoms with Crippen molar-refractivity contribution in [2.24, 2.45) is 0 Å². The highest BCUT2D eigenvalue weighted by molar-refractivity contribution is 5.77. The van der Waals surface area contributed by atoms with E-state index in [0.717, 1.165) is 16.7 Å². The van der Waals surface area contributed by atoms with Crippen LogP contribution in [0.3, 0.4) is 0 Å². The van der Waals surface area contributed by atoms with Gasteiger partial charge in [-0.05, 0) is 38.0 Å². The smallest absolute Gasteiger partial charge is 0.343 e. The molecule has 4 rings (SSSR count). The molecule has 2 amide bonds. The molecule has 0 unspecified atom stereocenters. The molecule has 2 N–H and O–H groups in total. The predicted octanol–water partition coefficient (Wildman–Crippen LogP) is 3.64. The van der Waals surface area contributed by atoms with Gasteiger partial charge >= 0.3 is 12.0 Å². The average molecular weight is 424 g/mol. The summed E-state index contributed by atoms with van der Waals surface area (Å²) < 4.78 is 16.8. The number of amides is 2. The summed E-state index contributed by atoms with van der Waals surface area (Å²) in [6, 6.07) is 13.7. The number of rotatable bonds is 4. The fourth-order valence-electron chi connectivity index (χ4n) is 4.74. The first-order chi connectivity index (χ1) is 14.7. The van der Waals surface area contributed by atoms with Gasteiger partial charge in [-0.1, -0.05) is 30.3 Å². The van der Waals surface area contributed by atoms with E-state index in [2.05, 4.69) is 27.5 Å². The SMILES string of the molecule is COC(=O)COc1cc(C)c2c(c1)O[C@]1(C[C@H]2c2ccccc2)CC(C)(C)NC(=O)N1. The van der Waals surface area contributed by atoms with E-state index in [4.69, 9.17) is 9.47 Å². The molecule has 0 aromatic heterocycles. The molecule has 7 nitrogen and oxygen atoms in total. The standard InChI is InChI=1S/C24H28N2O5/c1-15-10-17(30-13-20(27)29-4)11-19-21(15)18(16-8-6-5-7-9-16)12-24(31-19)14-23(2,3)25-22(28)26-24/h5-11,18H,12-14H2,1-4H3,(H2,25,26,28)/t18-,24+/m0/s1. The van der Waals surface area contributed by atoms with E-state index in [-0.39, 0.29) is 18.6 Å². The number of benzene rings is 2. The second kappa shape index (κ2) is 7.80. The van der Waals surface area contributed by atoms with Crippen molar-refractivity contribution in [2.45, 2.75) is 50.8 Å². The molecule has 1 fully saturated rings. The lowest BCUT2D eigenvalue weighted by Crippen LogP contribution is -2.69. The van der Waals surface area contributed by atoms with Gasteiger partial charge in [0.2, 0.25) is 0 Å². The lowest BCUT2D eigenvalue weighted by atomic mass is 9.76. The first-order valence-electron chi connectivity index (χ1n) is 10.4.